The van der Waals surface area contributed by atoms with E-state index in [0.29, 0.717) is 19.5 Å². The van der Waals surface area contributed by atoms with Gasteiger partial charge in [0.1, 0.15) is 12.6 Å². The molecule has 0 saturated heterocycles. The molecule has 2 aromatic heterocycles. The molecule has 9 heteroatoms. The largest absolute Gasteiger partial charge is 0.364 e. The highest BCUT2D eigenvalue weighted by Gasteiger charge is 2.23. The Morgan fingerprint density at radius 1 is 1.41 bits per heavy atom. The molecule has 1 N–H and O–H groups in total. The summed E-state index contributed by atoms with van der Waals surface area (Å²) in [5.74, 6) is 0. The van der Waals surface area contributed by atoms with E-state index in [-0.39, 0.29) is 11.3 Å². The van der Waals surface area contributed by atoms with Gasteiger partial charge >= 0.3 is 6.03 Å². The number of carbonyl (C=O) groups is 1. The predicted octanol–water partition coefficient (Wildman–Crippen LogP) is 3.25. The molecule has 0 saturated carbocycles. The quantitative estimate of drug-likeness (QED) is 0.695. The van der Waals surface area contributed by atoms with Crippen molar-refractivity contribution in [2.45, 2.75) is 30.3 Å². The molecule has 0 bridgehead atoms. The van der Waals surface area contributed by atoms with Gasteiger partial charge < -0.3 is 19.3 Å². The lowest BCUT2D eigenvalue weighted by Gasteiger charge is -2.26. The summed E-state index contributed by atoms with van der Waals surface area (Å²) in [5, 5.41) is 16.0. The molecule has 1 aliphatic heterocycles. The molecule has 0 fully saturated rings. The number of nitrogens with one attached hydrogen (secondary N) is 1. The van der Waals surface area contributed by atoms with E-state index < -0.39 is 0 Å². The monoisotopic (exact) mass is 384 g/mol. The Kier molecular flexibility index (Phi) is 4.85. The maximum Gasteiger partial charge on any atom is 0.322 e. The van der Waals surface area contributed by atoms with E-state index in [2.05, 4.69) is 27.6 Å². The van der Waals surface area contributed by atoms with Crippen LogP contribution in [0.1, 0.15) is 29.0 Å². The number of urea groups is 1. The average Bonchev–Trinajstić information content (AvgIpc) is 3.30. The van der Waals surface area contributed by atoms with E-state index >= 15 is 0 Å². The number of benzene rings is 1. The zero-order valence-corrected chi connectivity index (χ0v) is 15.9. The van der Waals surface area contributed by atoms with Crippen LogP contribution >= 0.6 is 11.8 Å². The normalized spacial score (nSPS) is 14.7. The minimum atomic E-state index is -0.118. The lowest BCUT2D eigenvalue weighted by molar-refractivity contribution is 0.206. The fourth-order valence-corrected chi connectivity index (χ4v) is 3.90. The number of amides is 2. The number of aryl methyl sites for hydroxylation is 1. The first-order valence-electron chi connectivity index (χ1n) is 8.69. The highest BCUT2D eigenvalue weighted by atomic mass is 32.2. The second-order valence-corrected chi connectivity index (χ2v) is 7.81. The van der Waals surface area contributed by atoms with Crippen LogP contribution in [0.5, 0.6) is 0 Å². The van der Waals surface area contributed by atoms with E-state index in [4.69, 9.17) is 4.52 Å². The predicted molar refractivity (Wildman–Crippen MR) is 101 cm³/mol. The highest BCUT2D eigenvalue weighted by Crippen LogP contribution is 2.34. The molecule has 3 heterocycles. The first-order valence-corrected chi connectivity index (χ1v) is 9.57. The Bertz CT molecular complexity index is 953. The summed E-state index contributed by atoms with van der Waals surface area (Å²) in [7, 11) is 1.92. The maximum absolute atomic E-state index is 12.6. The van der Waals surface area contributed by atoms with E-state index in [9.17, 15) is 4.79 Å². The first-order chi connectivity index (χ1) is 13.1. The Morgan fingerprint density at radius 2 is 2.30 bits per heavy atom. The summed E-state index contributed by atoms with van der Waals surface area (Å²) in [6.07, 6.45) is 4.01. The van der Waals surface area contributed by atoms with Crippen LogP contribution in [0.15, 0.2) is 46.5 Å². The van der Waals surface area contributed by atoms with Gasteiger partial charge in [0.2, 0.25) is 0 Å². The van der Waals surface area contributed by atoms with Crippen molar-refractivity contribution in [2.75, 3.05) is 11.9 Å². The molecule has 3 aromatic rings. The number of carbonyl (C=O) groups excluding carboxylic acids is 1. The summed E-state index contributed by atoms with van der Waals surface area (Å²) in [6.45, 7) is 3.25. The van der Waals surface area contributed by atoms with E-state index in [1.165, 1.54) is 0 Å². The molecule has 140 valence electrons. The fourth-order valence-electron chi connectivity index (χ4n) is 2.99. The highest BCUT2D eigenvalue weighted by molar-refractivity contribution is 7.99. The molecule has 0 aliphatic carbocycles. The first kappa shape index (κ1) is 17.6. The molecule has 0 spiro atoms. The van der Waals surface area contributed by atoms with E-state index in [1.54, 1.807) is 29.3 Å². The molecule has 8 nitrogen and oxygen atoms in total. The number of rotatable bonds is 4. The van der Waals surface area contributed by atoms with Crippen LogP contribution in [0.3, 0.4) is 0 Å². The molecular weight excluding hydrogens is 364 g/mol. The van der Waals surface area contributed by atoms with Crippen molar-refractivity contribution in [1.82, 2.24) is 24.8 Å². The van der Waals surface area contributed by atoms with Crippen molar-refractivity contribution < 1.29 is 9.32 Å². The average molecular weight is 384 g/mol. The summed E-state index contributed by atoms with van der Waals surface area (Å²) in [5.41, 5.74) is 3.80. The number of aromatic nitrogens is 4. The van der Waals surface area contributed by atoms with Crippen LogP contribution in [0.4, 0.5) is 10.5 Å². The van der Waals surface area contributed by atoms with Gasteiger partial charge in [0.15, 0.2) is 5.16 Å². The van der Waals surface area contributed by atoms with Crippen LogP contribution < -0.4 is 5.32 Å². The molecule has 1 aliphatic rings. The summed E-state index contributed by atoms with van der Waals surface area (Å²) >= 11 is 1.63. The van der Waals surface area contributed by atoms with Crippen molar-refractivity contribution in [3.8, 4) is 0 Å². The van der Waals surface area contributed by atoms with Crippen molar-refractivity contribution >= 4 is 23.5 Å². The molecule has 2 amide bonds. The molecule has 1 aromatic carbocycles. The van der Waals surface area contributed by atoms with Gasteiger partial charge in [-0.25, -0.2) is 4.79 Å². The topological polar surface area (TPSA) is 89.1 Å². The zero-order valence-electron chi connectivity index (χ0n) is 15.1. The van der Waals surface area contributed by atoms with Crippen molar-refractivity contribution in [3.63, 3.8) is 0 Å². The lowest BCUT2D eigenvalue weighted by atomic mass is 10.1. The van der Waals surface area contributed by atoms with Crippen LogP contribution in [0.25, 0.3) is 0 Å². The number of anilines is 1. The number of hydrogen-bond donors (Lipinski definition) is 1. The van der Waals surface area contributed by atoms with Gasteiger partial charge in [0.05, 0.1) is 12.2 Å². The molecule has 27 heavy (non-hydrogen) atoms. The number of fused-ring (bicyclic) bond motifs is 1. The molecule has 1 atom stereocenters. The Morgan fingerprint density at radius 3 is 3.11 bits per heavy atom. The zero-order chi connectivity index (χ0) is 18.8. The smallest absolute Gasteiger partial charge is 0.322 e. The van der Waals surface area contributed by atoms with Gasteiger partial charge in [0.25, 0.3) is 0 Å². The van der Waals surface area contributed by atoms with E-state index in [1.807, 2.05) is 35.9 Å². The van der Waals surface area contributed by atoms with E-state index in [0.717, 1.165) is 27.7 Å². The summed E-state index contributed by atoms with van der Waals surface area (Å²) in [6, 6.07) is 7.78. The van der Waals surface area contributed by atoms with Crippen LogP contribution in [-0.4, -0.2) is 37.4 Å². The Hall–Kier alpha value is -2.81. The van der Waals surface area contributed by atoms with Gasteiger partial charge in [-0.3, -0.25) is 0 Å². The second kappa shape index (κ2) is 7.43. The van der Waals surface area contributed by atoms with Gasteiger partial charge in [0, 0.05) is 36.5 Å². The van der Waals surface area contributed by atoms with Gasteiger partial charge in [-0.15, -0.1) is 10.2 Å². The Labute approximate surface area is 160 Å². The number of thioether (sulfide) groups is 1. The van der Waals surface area contributed by atoms with Gasteiger partial charge in [-0.05, 0) is 24.6 Å². The lowest BCUT2D eigenvalue weighted by Crippen LogP contribution is -2.38. The van der Waals surface area contributed by atoms with Crippen molar-refractivity contribution in [3.05, 3.63) is 53.7 Å². The molecular formula is C18H20N6O2S. The van der Waals surface area contributed by atoms with Gasteiger partial charge in [-0.1, -0.05) is 29.1 Å². The minimum Gasteiger partial charge on any atom is -0.364 e. The van der Waals surface area contributed by atoms with Crippen LogP contribution in [0, 0.1) is 0 Å². The van der Waals surface area contributed by atoms with Crippen molar-refractivity contribution in [2.24, 2.45) is 7.05 Å². The van der Waals surface area contributed by atoms with Crippen molar-refractivity contribution in [1.29, 1.82) is 0 Å². The fraction of sp³-hybridized carbons (Fsp3) is 0.333. The third-order valence-corrected chi connectivity index (χ3v) is 5.76. The maximum atomic E-state index is 12.6. The molecule has 0 radical (unpaired) electrons. The minimum absolute atomic E-state index is 0.118. The third kappa shape index (κ3) is 3.82. The molecule has 1 unspecified atom stereocenters. The molecule has 4 rings (SSSR count). The summed E-state index contributed by atoms with van der Waals surface area (Å²) in [4.78, 5) is 14.4. The third-order valence-electron chi connectivity index (χ3n) is 4.55. The Balaban J connectivity index is 1.42. The van der Waals surface area contributed by atoms with Gasteiger partial charge in [-0.2, -0.15) is 0 Å². The van der Waals surface area contributed by atoms with Crippen LogP contribution in [-0.2, 0) is 20.0 Å². The standard InChI is InChI=1S/C18H20N6O2S/c1-12(27-18-21-19-11-23(18)2)13-4-3-5-15(8-13)20-17(25)24-7-6-16-14(9-24)10-26-22-16/h3-5,8,10-12H,6-7,9H2,1-2H3,(H,20,25). The second-order valence-electron chi connectivity index (χ2n) is 6.50. The van der Waals surface area contributed by atoms with Crippen LogP contribution in [0.2, 0.25) is 0 Å². The summed E-state index contributed by atoms with van der Waals surface area (Å²) < 4.78 is 6.88. The number of hydrogen-bond acceptors (Lipinski definition) is 6. The SMILES string of the molecule is CC(Sc1nncn1C)c1cccc(NC(=O)N2CCc3nocc3C2)c1. The number of nitrogens with zero attached hydrogens (tertiary/aromatic N) is 5.